The number of aromatic amines is 1. The van der Waals surface area contributed by atoms with Gasteiger partial charge >= 0.3 is 0 Å². The molecule has 1 fully saturated rings. The first-order valence-electron chi connectivity index (χ1n) is 10.2. The molecule has 3 aromatic rings. The number of anilines is 1. The van der Waals surface area contributed by atoms with E-state index < -0.39 is 0 Å². The fourth-order valence-corrected chi connectivity index (χ4v) is 5.09. The van der Waals surface area contributed by atoms with Crippen LogP contribution < -0.4 is 10.5 Å². The van der Waals surface area contributed by atoms with Gasteiger partial charge in [0.2, 0.25) is 0 Å². The highest BCUT2D eigenvalue weighted by molar-refractivity contribution is 5.86. The van der Waals surface area contributed by atoms with Crippen LogP contribution in [-0.4, -0.2) is 37.8 Å². The summed E-state index contributed by atoms with van der Waals surface area (Å²) >= 11 is 0. The van der Waals surface area contributed by atoms with Crippen LogP contribution in [0.4, 0.5) is 5.82 Å². The number of nitrogens with one attached hydrogen (secondary N) is 1. The maximum atomic E-state index is 12.8. The molecule has 2 aliphatic rings. The van der Waals surface area contributed by atoms with Gasteiger partial charge in [0, 0.05) is 36.8 Å². The molecule has 3 aromatic heterocycles. The molecule has 0 spiro atoms. The summed E-state index contributed by atoms with van der Waals surface area (Å²) in [6.45, 7) is 6.29. The van der Waals surface area contributed by atoms with Crippen molar-refractivity contribution in [1.82, 2.24) is 24.7 Å². The second kappa shape index (κ2) is 6.72. The minimum Gasteiger partial charge on any atom is -0.355 e. The maximum absolute atomic E-state index is 12.8. The highest BCUT2D eigenvalue weighted by atomic mass is 16.1. The monoisotopic (exact) mass is 378 g/mol. The van der Waals surface area contributed by atoms with Crippen molar-refractivity contribution < 1.29 is 0 Å². The number of nitrogens with zero attached hydrogens (tertiary/aromatic N) is 5. The standard InChI is InChI=1S/C21H26N6O/c1-13(2)6-7-18-15-8-14(17-4-3-5-19(28)27(17)18)10-26(11-15)21-16-9-24-25-20(16)22-12-23-21/h3-5,9,12-15,18H,6-8,10-11H2,1-2H3,(H,22,23,24,25)/t14-,15+,18+/m1/s1. The number of hydrogen-bond donors (Lipinski definition) is 1. The Morgan fingerprint density at radius 2 is 2.14 bits per heavy atom. The van der Waals surface area contributed by atoms with Crippen molar-refractivity contribution in [1.29, 1.82) is 0 Å². The van der Waals surface area contributed by atoms with E-state index >= 15 is 0 Å². The van der Waals surface area contributed by atoms with Gasteiger partial charge in [-0.15, -0.1) is 0 Å². The summed E-state index contributed by atoms with van der Waals surface area (Å²) in [5.41, 5.74) is 2.10. The largest absolute Gasteiger partial charge is 0.355 e. The van der Waals surface area contributed by atoms with E-state index in [0.29, 0.717) is 17.8 Å². The topological polar surface area (TPSA) is 79.7 Å². The van der Waals surface area contributed by atoms with Crippen LogP contribution in [-0.2, 0) is 0 Å². The van der Waals surface area contributed by atoms with Gasteiger partial charge < -0.3 is 9.47 Å². The first-order valence-corrected chi connectivity index (χ1v) is 10.2. The number of piperidine rings is 1. The molecule has 0 aliphatic carbocycles. The van der Waals surface area contributed by atoms with Crippen molar-refractivity contribution in [3.63, 3.8) is 0 Å². The molecule has 1 N–H and O–H groups in total. The van der Waals surface area contributed by atoms with Crippen molar-refractivity contribution in [3.05, 3.63) is 46.8 Å². The van der Waals surface area contributed by atoms with Crippen LogP contribution in [0.1, 0.15) is 50.8 Å². The molecule has 5 heterocycles. The van der Waals surface area contributed by atoms with Crippen molar-refractivity contribution in [3.8, 4) is 0 Å². The minimum atomic E-state index is 0.147. The summed E-state index contributed by atoms with van der Waals surface area (Å²) < 4.78 is 2.10. The van der Waals surface area contributed by atoms with Crippen LogP contribution in [0.2, 0.25) is 0 Å². The molecule has 7 nitrogen and oxygen atoms in total. The molecule has 0 radical (unpaired) electrons. The smallest absolute Gasteiger partial charge is 0.250 e. The maximum Gasteiger partial charge on any atom is 0.250 e. The lowest BCUT2D eigenvalue weighted by Gasteiger charge is -2.47. The van der Waals surface area contributed by atoms with Crippen LogP contribution in [0.25, 0.3) is 11.0 Å². The third-order valence-corrected chi connectivity index (χ3v) is 6.36. The molecular formula is C21H26N6O. The van der Waals surface area contributed by atoms with E-state index in [-0.39, 0.29) is 11.6 Å². The zero-order chi connectivity index (χ0) is 19.3. The summed E-state index contributed by atoms with van der Waals surface area (Å²) in [5.74, 6) is 2.37. The zero-order valence-electron chi connectivity index (χ0n) is 16.4. The highest BCUT2D eigenvalue weighted by Crippen LogP contribution is 2.44. The SMILES string of the molecule is CC(C)CC[C@H]1[C@H]2C[C@H](CN(c3ncnc4[nH]ncc34)C2)c2cccc(=O)n21. The molecule has 2 aliphatic heterocycles. The van der Waals surface area contributed by atoms with Gasteiger partial charge in [-0.25, -0.2) is 9.97 Å². The predicted molar refractivity (Wildman–Crippen MR) is 109 cm³/mol. The van der Waals surface area contributed by atoms with Gasteiger partial charge in [-0.1, -0.05) is 19.9 Å². The second-order valence-corrected chi connectivity index (χ2v) is 8.62. The van der Waals surface area contributed by atoms with E-state index in [9.17, 15) is 4.79 Å². The van der Waals surface area contributed by atoms with Gasteiger partial charge in [0.15, 0.2) is 5.65 Å². The molecule has 1 saturated heterocycles. The molecule has 146 valence electrons. The van der Waals surface area contributed by atoms with Crippen molar-refractivity contribution in [2.45, 2.75) is 45.1 Å². The average Bonchev–Trinajstić information content (AvgIpc) is 3.17. The van der Waals surface area contributed by atoms with Gasteiger partial charge in [0.05, 0.1) is 11.6 Å². The first-order chi connectivity index (χ1) is 13.6. The molecule has 3 atom stereocenters. The number of fused-ring (bicyclic) bond motifs is 5. The number of pyridine rings is 1. The van der Waals surface area contributed by atoms with E-state index in [2.05, 4.69) is 49.5 Å². The Hall–Kier alpha value is -2.70. The van der Waals surface area contributed by atoms with E-state index in [4.69, 9.17) is 0 Å². The number of aromatic nitrogens is 5. The van der Waals surface area contributed by atoms with E-state index in [1.54, 1.807) is 12.4 Å². The first kappa shape index (κ1) is 17.4. The summed E-state index contributed by atoms with van der Waals surface area (Å²) in [5, 5.41) is 8.05. The van der Waals surface area contributed by atoms with Crippen molar-refractivity contribution in [2.24, 2.45) is 11.8 Å². The fraction of sp³-hybridized carbons (Fsp3) is 0.524. The van der Waals surface area contributed by atoms with Gasteiger partial charge in [-0.3, -0.25) is 9.89 Å². The Morgan fingerprint density at radius 3 is 3.00 bits per heavy atom. The number of hydrogen-bond acceptors (Lipinski definition) is 5. The van der Waals surface area contributed by atoms with E-state index in [0.717, 1.165) is 49.2 Å². The van der Waals surface area contributed by atoms with Gasteiger partial charge in [-0.05, 0) is 37.2 Å². The Morgan fingerprint density at radius 1 is 1.25 bits per heavy atom. The normalized spacial score (nSPS) is 24.0. The lowest BCUT2D eigenvalue weighted by atomic mass is 9.76. The third-order valence-electron chi connectivity index (χ3n) is 6.36. The molecule has 2 bridgehead atoms. The van der Waals surface area contributed by atoms with Gasteiger partial charge in [0.1, 0.15) is 12.1 Å². The quantitative estimate of drug-likeness (QED) is 0.754. The van der Waals surface area contributed by atoms with E-state index in [1.165, 1.54) is 5.69 Å². The second-order valence-electron chi connectivity index (χ2n) is 8.62. The van der Waals surface area contributed by atoms with Gasteiger partial charge in [0.25, 0.3) is 5.56 Å². The Bertz CT molecular complexity index is 1050. The summed E-state index contributed by atoms with van der Waals surface area (Å²) in [4.78, 5) is 24.0. The minimum absolute atomic E-state index is 0.147. The molecule has 0 aromatic carbocycles. The van der Waals surface area contributed by atoms with Crippen LogP contribution in [0.15, 0.2) is 35.5 Å². The van der Waals surface area contributed by atoms with E-state index in [1.807, 2.05) is 12.3 Å². The Labute approximate surface area is 163 Å². The zero-order valence-corrected chi connectivity index (χ0v) is 16.4. The number of rotatable bonds is 4. The highest BCUT2D eigenvalue weighted by Gasteiger charge is 2.41. The summed E-state index contributed by atoms with van der Waals surface area (Å²) in [7, 11) is 0. The summed E-state index contributed by atoms with van der Waals surface area (Å²) in [6.07, 6.45) is 6.73. The van der Waals surface area contributed by atoms with Crippen LogP contribution in [0.3, 0.4) is 0 Å². The van der Waals surface area contributed by atoms with Crippen LogP contribution in [0, 0.1) is 11.8 Å². The Balaban J connectivity index is 1.55. The molecule has 0 unspecified atom stereocenters. The predicted octanol–water partition coefficient (Wildman–Crippen LogP) is 3.12. The lowest BCUT2D eigenvalue weighted by Crippen LogP contribution is -2.49. The summed E-state index contributed by atoms with van der Waals surface area (Å²) in [6, 6.07) is 6.02. The average molecular weight is 378 g/mol. The molecular weight excluding hydrogens is 352 g/mol. The van der Waals surface area contributed by atoms with Crippen molar-refractivity contribution >= 4 is 16.9 Å². The molecule has 0 saturated carbocycles. The number of H-pyrrole nitrogens is 1. The van der Waals surface area contributed by atoms with Crippen molar-refractivity contribution in [2.75, 3.05) is 18.0 Å². The van der Waals surface area contributed by atoms with Gasteiger partial charge in [-0.2, -0.15) is 5.10 Å². The van der Waals surface area contributed by atoms with Crippen LogP contribution in [0.5, 0.6) is 0 Å². The Kier molecular flexibility index (Phi) is 4.18. The molecule has 5 rings (SSSR count). The fourth-order valence-electron chi connectivity index (χ4n) is 5.09. The third kappa shape index (κ3) is 2.80. The molecule has 0 amide bonds. The lowest BCUT2D eigenvalue weighted by molar-refractivity contribution is 0.195. The molecule has 7 heteroatoms. The molecule has 28 heavy (non-hydrogen) atoms. The van der Waals surface area contributed by atoms with Crippen LogP contribution >= 0.6 is 0 Å².